The molecular weight excluding hydrogens is 526 g/mol. The van der Waals surface area contributed by atoms with Crippen molar-refractivity contribution in [3.05, 3.63) is 0 Å². The molecule has 42 heavy (non-hydrogen) atoms. The fourth-order valence-corrected chi connectivity index (χ4v) is 12.4. The highest BCUT2D eigenvalue weighted by molar-refractivity contribution is 5.76. The molecule has 5 unspecified atom stereocenters. The highest BCUT2D eigenvalue weighted by Gasteiger charge is 2.83. The van der Waals surface area contributed by atoms with Crippen molar-refractivity contribution in [1.29, 1.82) is 0 Å². The van der Waals surface area contributed by atoms with E-state index in [0.717, 1.165) is 43.9 Å². The molecule has 0 aromatic heterocycles. The lowest BCUT2D eigenvalue weighted by Gasteiger charge is -2.58. The lowest BCUT2D eigenvalue weighted by atomic mass is 9.48. The van der Waals surface area contributed by atoms with Gasteiger partial charge in [-0.2, -0.15) is 0 Å². The molecule has 6 heteroatoms. The second kappa shape index (κ2) is 11.9. The highest BCUT2D eigenvalue weighted by atomic mass is 16.7. The second-order valence-electron chi connectivity index (χ2n) is 15.9. The van der Waals surface area contributed by atoms with Crippen molar-refractivity contribution >= 4 is 5.91 Å². The molecule has 7 rings (SSSR count). The minimum Gasteiger partial charge on any atom is -0.396 e. The Morgan fingerprint density at radius 1 is 1.00 bits per heavy atom. The van der Waals surface area contributed by atoms with Gasteiger partial charge >= 0.3 is 0 Å². The first-order valence-electron chi connectivity index (χ1n) is 18.1. The van der Waals surface area contributed by atoms with Crippen molar-refractivity contribution in [2.45, 2.75) is 137 Å². The number of aliphatic hydroxyl groups excluding tert-OH is 2. The average Bonchev–Trinajstić information content (AvgIpc) is 3.87. The molecule has 2 spiro atoms. The summed E-state index contributed by atoms with van der Waals surface area (Å²) >= 11 is 0. The van der Waals surface area contributed by atoms with E-state index in [0.29, 0.717) is 66.5 Å². The van der Waals surface area contributed by atoms with E-state index in [-0.39, 0.29) is 36.4 Å². The van der Waals surface area contributed by atoms with E-state index >= 15 is 0 Å². The van der Waals surface area contributed by atoms with Crippen LogP contribution in [0.4, 0.5) is 0 Å². The molecule has 1 amide bonds. The van der Waals surface area contributed by atoms with Crippen molar-refractivity contribution < 1.29 is 24.5 Å². The summed E-state index contributed by atoms with van der Waals surface area (Å²) in [4.78, 5) is 14.8. The molecule has 0 radical (unpaired) electrons. The first kappa shape index (κ1) is 31.3. The molecule has 0 aromatic carbocycles. The van der Waals surface area contributed by atoms with Crippen LogP contribution in [0.2, 0.25) is 0 Å². The number of ether oxygens (including phenoxy) is 2. The molecule has 2 N–H and O–H groups in total. The molecule has 1 aliphatic heterocycles. The van der Waals surface area contributed by atoms with Gasteiger partial charge in [-0.1, -0.05) is 41.0 Å². The van der Waals surface area contributed by atoms with Gasteiger partial charge in [0.2, 0.25) is 5.91 Å². The number of carbonyl (C=O) groups excluding carboxylic acids is 1. The molecule has 6 saturated carbocycles. The zero-order valence-corrected chi connectivity index (χ0v) is 27.4. The maximum absolute atomic E-state index is 12.8. The van der Waals surface area contributed by atoms with Crippen molar-refractivity contribution in [3.63, 3.8) is 0 Å². The van der Waals surface area contributed by atoms with Crippen LogP contribution in [0.3, 0.4) is 0 Å². The Morgan fingerprint density at radius 2 is 1.76 bits per heavy atom. The first-order chi connectivity index (χ1) is 20.2. The van der Waals surface area contributed by atoms with E-state index in [1.165, 1.54) is 44.9 Å². The number of hydrogen-bond acceptors (Lipinski definition) is 5. The maximum atomic E-state index is 12.8. The molecular formula is C36H61NO5. The topological polar surface area (TPSA) is 79.2 Å². The number of aliphatic hydroxyl groups is 2. The van der Waals surface area contributed by atoms with Crippen molar-refractivity contribution in [2.24, 2.45) is 57.7 Å². The third kappa shape index (κ3) is 4.83. The largest absolute Gasteiger partial charge is 0.396 e. The van der Waals surface area contributed by atoms with Crippen molar-refractivity contribution in [1.82, 2.24) is 4.90 Å². The highest BCUT2D eigenvalue weighted by Crippen LogP contribution is 2.88. The quantitative estimate of drug-likeness (QED) is 0.321. The monoisotopic (exact) mass is 587 g/mol. The predicted octanol–water partition coefficient (Wildman–Crippen LogP) is 6.42. The smallest absolute Gasteiger partial charge is 0.223 e. The van der Waals surface area contributed by atoms with E-state index in [2.05, 4.69) is 20.8 Å². The van der Waals surface area contributed by atoms with Gasteiger partial charge in [-0.05, 0) is 128 Å². The van der Waals surface area contributed by atoms with E-state index in [9.17, 15) is 15.0 Å². The van der Waals surface area contributed by atoms with Gasteiger partial charge in [0.25, 0.3) is 0 Å². The summed E-state index contributed by atoms with van der Waals surface area (Å²) in [6.07, 6.45) is 14.5. The molecule has 0 bridgehead atoms. The SMILES string of the molecule is CC.C[C@@H]1C23CC[C@H](OC4CN(C(=O)CC5CC5)CCO4)C(C)(C)C2CC[C@H]2C4C[C@@H](O)[C@H](CCCCO)C4CC[C@]123. The van der Waals surface area contributed by atoms with E-state index < -0.39 is 0 Å². The van der Waals surface area contributed by atoms with Gasteiger partial charge in [0.15, 0.2) is 6.29 Å². The van der Waals surface area contributed by atoms with E-state index in [1.807, 2.05) is 18.7 Å². The summed E-state index contributed by atoms with van der Waals surface area (Å²) in [6.45, 7) is 13.7. The van der Waals surface area contributed by atoms with Gasteiger partial charge in [-0.15, -0.1) is 0 Å². The summed E-state index contributed by atoms with van der Waals surface area (Å²) in [5, 5.41) is 20.5. The molecule has 0 aromatic rings. The maximum Gasteiger partial charge on any atom is 0.223 e. The summed E-state index contributed by atoms with van der Waals surface area (Å²) in [5.41, 5.74) is 0.986. The number of rotatable bonds is 8. The number of morpholine rings is 1. The number of fused-ring (bicyclic) bond motifs is 2. The molecule has 240 valence electrons. The minimum absolute atomic E-state index is 0.0868. The Bertz CT molecular complexity index is 966. The van der Waals surface area contributed by atoms with Crippen molar-refractivity contribution in [3.8, 4) is 0 Å². The summed E-state index contributed by atoms with van der Waals surface area (Å²) < 4.78 is 12.9. The molecule has 6 aliphatic carbocycles. The first-order valence-corrected chi connectivity index (χ1v) is 18.1. The summed E-state index contributed by atoms with van der Waals surface area (Å²) in [7, 11) is 0. The van der Waals surface area contributed by atoms with Crippen LogP contribution in [0.15, 0.2) is 0 Å². The minimum atomic E-state index is -0.296. The molecule has 6 nitrogen and oxygen atoms in total. The van der Waals surface area contributed by atoms with Crippen LogP contribution in [0.5, 0.6) is 0 Å². The predicted molar refractivity (Wildman–Crippen MR) is 164 cm³/mol. The Balaban J connectivity index is 0.00000155. The number of hydrogen-bond donors (Lipinski definition) is 2. The van der Waals surface area contributed by atoms with Crippen molar-refractivity contribution in [2.75, 3.05) is 26.3 Å². The molecule has 7 aliphatic rings. The van der Waals surface area contributed by atoms with Crippen LogP contribution in [0.1, 0.15) is 118 Å². The standard InChI is InChI=1S/C34H55NO5.C2H6/c1-21-33-13-11-23-24(6-4-5-16-36)27(37)19-25(23)26(33)9-10-28-32(2,3)29(12-14-34(21,28)33)40-31-20-35(15-17-39-31)30(38)18-22-7-8-22;1-2/h21-29,31,36-37H,4-20H2,1-3H3;1-2H3/t21-,23?,24+,25?,26-,27+,28?,29-,31?,33-,34?;/m0./s1. The van der Waals surface area contributed by atoms with Crippen LogP contribution in [0.25, 0.3) is 0 Å². The lowest BCUT2D eigenvalue weighted by molar-refractivity contribution is -0.244. The van der Waals surface area contributed by atoms with E-state index in [4.69, 9.17) is 9.47 Å². The number of carbonyl (C=O) groups is 1. The van der Waals surface area contributed by atoms with Gasteiger partial charge in [0, 0.05) is 19.6 Å². The number of nitrogens with zero attached hydrogens (tertiary/aromatic N) is 1. The Kier molecular flexibility index (Phi) is 8.88. The van der Waals surface area contributed by atoms with Crippen LogP contribution >= 0.6 is 0 Å². The van der Waals surface area contributed by atoms with Crippen LogP contribution in [0, 0.1) is 57.7 Å². The molecule has 11 atom stereocenters. The zero-order chi connectivity index (χ0) is 29.9. The van der Waals surface area contributed by atoms with Gasteiger partial charge < -0.3 is 24.6 Å². The van der Waals surface area contributed by atoms with Crippen LogP contribution in [-0.2, 0) is 14.3 Å². The third-order valence-corrected chi connectivity index (χ3v) is 14.3. The fourth-order valence-electron chi connectivity index (χ4n) is 12.4. The Morgan fingerprint density at radius 3 is 2.50 bits per heavy atom. The zero-order valence-electron chi connectivity index (χ0n) is 27.4. The molecule has 1 heterocycles. The second-order valence-corrected chi connectivity index (χ2v) is 15.9. The fraction of sp³-hybridized carbons (Fsp3) is 0.972. The van der Waals surface area contributed by atoms with Gasteiger partial charge in [0.1, 0.15) is 0 Å². The molecule has 7 fully saturated rings. The summed E-state index contributed by atoms with van der Waals surface area (Å²) in [5.74, 6) is 4.95. The van der Waals surface area contributed by atoms with Crippen LogP contribution in [-0.4, -0.2) is 65.8 Å². The average molecular weight is 588 g/mol. The Labute approximate surface area is 255 Å². The normalized spacial score (nSPS) is 46.8. The van der Waals surface area contributed by atoms with E-state index in [1.54, 1.807) is 0 Å². The van der Waals surface area contributed by atoms with Crippen LogP contribution < -0.4 is 0 Å². The number of unbranched alkanes of at least 4 members (excludes halogenated alkanes) is 1. The summed E-state index contributed by atoms with van der Waals surface area (Å²) in [6, 6.07) is 0. The number of amides is 1. The third-order valence-electron chi connectivity index (χ3n) is 14.3. The molecule has 1 saturated heterocycles. The lowest BCUT2D eigenvalue weighted by Crippen LogP contribution is -2.55. The van der Waals surface area contributed by atoms with Gasteiger partial charge in [-0.3, -0.25) is 4.79 Å². The van der Waals surface area contributed by atoms with Gasteiger partial charge in [0.05, 0.1) is 25.4 Å². The van der Waals surface area contributed by atoms with Gasteiger partial charge in [-0.25, -0.2) is 0 Å². The Hall–Kier alpha value is -0.690.